The molecular weight excluding hydrogens is 646 g/mol. The molecule has 1 aliphatic carbocycles. The van der Waals surface area contributed by atoms with Gasteiger partial charge in [0.25, 0.3) is 0 Å². The summed E-state index contributed by atoms with van der Waals surface area (Å²) in [6, 6.07) is 0. The molecule has 20 heteroatoms. The summed E-state index contributed by atoms with van der Waals surface area (Å²) < 4.78 is 89.2. The third-order valence-corrected chi connectivity index (χ3v) is 8.87. The summed E-state index contributed by atoms with van der Waals surface area (Å²) in [6.07, 6.45) is 2.43. The van der Waals surface area contributed by atoms with Gasteiger partial charge in [-0.1, -0.05) is 11.6 Å². The van der Waals surface area contributed by atoms with Crippen molar-refractivity contribution in [3.63, 3.8) is 0 Å². The molecule has 14 nitrogen and oxygen atoms in total. The van der Waals surface area contributed by atoms with Crippen LogP contribution in [0.2, 0.25) is 0 Å². The number of hydrogen-bond acceptors (Lipinski definition) is 10. The second kappa shape index (κ2) is 12.6. The highest BCUT2D eigenvalue weighted by Crippen LogP contribution is 2.55. The lowest BCUT2D eigenvalue weighted by atomic mass is 10.0. The number of carbonyl (C=O) groups excluding carboxylic acids is 1. The zero-order valence-electron chi connectivity index (χ0n) is 24.5. The van der Waals surface area contributed by atoms with Gasteiger partial charge in [-0.2, -0.15) is 32.0 Å². The monoisotopic (exact) mass is 676 g/mol. The van der Waals surface area contributed by atoms with Crippen molar-refractivity contribution in [2.45, 2.75) is 30.7 Å². The number of carbonyl (C=O) groups is 1. The summed E-state index contributed by atoms with van der Waals surface area (Å²) in [5, 5.41) is 20.3. The van der Waals surface area contributed by atoms with Gasteiger partial charge in [0, 0.05) is 19.7 Å². The van der Waals surface area contributed by atoms with Crippen molar-refractivity contribution < 1.29 is 50.9 Å². The molecule has 2 aliphatic rings. The van der Waals surface area contributed by atoms with Crippen LogP contribution in [-0.4, -0.2) is 81.1 Å². The molecule has 6 N–H and O–H groups in total. The number of alkyl halides is 5. The van der Waals surface area contributed by atoms with Crippen LogP contribution in [0.5, 0.6) is 0 Å². The first-order chi connectivity index (χ1) is 21.4. The summed E-state index contributed by atoms with van der Waals surface area (Å²) in [5.41, 5.74) is -1.74. The van der Waals surface area contributed by atoms with E-state index in [1.54, 1.807) is 6.92 Å². The minimum absolute atomic E-state index is 0.0204. The van der Waals surface area contributed by atoms with Gasteiger partial charge in [0.15, 0.2) is 25.1 Å². The number of amides is 1. The number of aromatic amines is 1. The number of nitrogens with zero attached hydrogens (tertiary/aromatic N) is 4. The lowest BCUT2D eigenvalue weighted by Crippen LogP contribution is -2.60. The summed E-state index contributed by atoms with van der Waals surface area (Å²) in [5.74, 6) is -6.72. The Balaban J connectivity index is 1.92. The van der Waals surface area contributed by atoms with E-state index in [4.69, 9.17) is 4.74 Å². The molecule has 0 saturated heterocycles. The molecule has 0 saturated carbocycles. The fourth-order valence-electron chi connectivity index (χ4n) is 5.20. The lowest BCUT2D eigenvalue weighted by molar-refractivity contribution is -0.199. The van der Waals surface area contributed by atoms with Crippen LogP contribution in [0.25, 0.3) is 0 Å². The fourth-order valence-corrected chi connectivity index (χ4v) is 6.19. The fraction of sp³-hybridized carbons (Fsp3) is 0.385. The second-order valence-corrected chi connectivity index (χ2v) is 12.3. The van der Waals surface area contributed by atoms with E-state index in [-0.39, 0.29) is 18.0 Å². The standard InChI is InChI=1S/C26H30F5N8O6P/c1-15-6-7-25(46(42,43)44,19(9-15)45-3)38-23-33-12-17(26(29,30)31)21(37-23)36-18-5-4-8-39(13-24(27,28)14-40,16-10-34-35-11-16)20(18)22(41)32-2/h4-6,9-12,40H,7-8,13-14H2,1-3H3,(H5-,32,33,34,35,36,37,38,41,42,43,44). The van der Waals surface area contributed by atoms with Crippen LogP contribution < -0.4 is 25.3 Å². The second-order valence-electron chi connectivity index (χ2n) is 10.5. The van der Waals surface area contributed by atoms with Crippen LogP contribution in [0.1, 0.15) is 18.9 Å². The number of aliphatic hydroxyl groups excluding tert-OH is 1. The van der Waals surface area contributed by atoms with E-state index in [0.717, 1.165) is 13.3 Å². The molecule has 0 aromatic carbocycles. The van der Waals surface area contributed by atoms with Gasteiger partial charge in [-0.3, -0.25) is 9.89 Å². The van der Waals surface area contributed by atoms with Crippen LogP contribution in [-0.2, 0) is 20.3 Å². The molecule has 2 aromatic heterocycles. The van der Waals surface area contributed by atoms with Crippen molar-refractivity contribution in [3.05, 3.63) is 71.2 Å². The van der Waals surface area contributed by atoms with E-state index < -0.39 is 83.7 Å². The van der Waals surface area contributed by atoms with Gasteiger partial charge >= 0.3 is 18.0 Å². The van der Waals surface area contributed by atoms with Gasteiger partial charge in [0.05, 0.1) is 13.3 Å². The number of quaternary nitrogens is 1. The van der Waals surface area contributed by atoms with E-state index in [2.05, 4.69) is 36.1 Å². The van der Waals surface area contributed by atoms with Crippen molar-refractivity contribution in [1.82, 2.24) is 30.0 Å². The minimum Gasteiger partial charge on any atom is -0.777 e. The lowest BCUT2D eigenvalue weighted by Gasteiger charge is -2.43. The SMILES string of the molecule is CNC(=O)C1=C(Nc2nc(NC3(P(=O)([O-])O)CC=C(C)C=C3OC)ncc2C(F)(F)F)C=CC[N+]1(CC(F)(F)CO)c1cn[nH]c1. The number of halogens is 5. The van der Waals surface area contributed by atoms with Crippen molar-refractivity contribution in [2.75, 3.05) is 44.5 Å². The Kier molecular flexibility index (Phi) is 9.48. The quantitative estimate of drug-likeness (QED) is 0.116. The molecule has 4 rings (SSSR count). The van der Waals surface area contributed by atoms with Crippen LogP contribution in [0, 0.1) is 0 Å². The number of rotatable bonds is 11. The van der Waals surface area contributed by atoms with Crippen LogP contribution in [0.4, 0.5) is 39.4 Å². The first-order valence-electron chi connectivity index (χ1n) is 13.4. The molecule has 0 fully saturated rings. The van der Waals surface area contributed by atoms with E-state index >= 15 is 0 Å². The highest BCUT2D eigenvalue weighted by molar-refractivity contribution is 7.52. The molecule has 250 valence electrons. The number of aliphatic hydroxyl groups is 1. The third-order valence-electron chi connectivity index (χ3n) is 7.39. The number of allylic oxidation sites excluding steroid dienone is 3. The molecule has 1 aliphatic heterocycles. The smallest absolute Gasteiger partial charge is 0.421 e. The number of hydrogen-bond donors (Lipinski definition) is 6. The maximum atomic E-state index is 14.8. The van der Waals surface area contributed by atoms with Crippen LogP contribution in [0.15, 0.2) is 65.6 Å². The Labute approximate surface area is 258 Å². The molecule has 2 aromatic rings. The Morgan fingerprint density at radius 1 is 1.28 bits per heavy atom. The van der Waals surface area contributed by atoms with Crippen molar-refractivity contribution >= 4 is 31.0 Å². The third kappa shape index (κ3) is 6.54. The van der Waals surface area contributed by atoms with Gasteiger partial charge in [-0.25, -0.2) is 9.47 Å². The number of H-pyrrole nitrogens is 1. The minimum atomic E-state index is -5.42. The zero-order valence-corrected chi connectivity index (χ0v) is 25.4. The number of likely N-dealkylation sites (N-methyl/N-ethyl adjacent to an activating group) is 1. The van der Waals surface area contributed by atoms with Crippen molar-refractivity contribution in [1.29, 1.82) is 0 Å². The van der Waals surface area contributed by atoms with Gasteiger partial charge in [0.1, 0.15) is 42.2 Å². The number of ether oxygens (including phenoxy) is 1. The van der Waals surface area contributed by atoms with Crippen molar-refractivity contribution in [2.24, 2.45) is 0 Å². The summed E-state index contributed by atoms with van der Waals surface area (Å²) in [6.45, 7) is -1.45. The number of nitrogens with one attached hydrogen (secondary N) is 4. The maximum absolute atomic E-state index is 14.8. The molecule has 1 amide bonds. The highest BCUT2D eigenvalue weighted by Gasteiger charge is 2.51. The maximum Gasteiger partial charge on any atom is 0.421 e. The largest absolute Gasteiger partial charge is 0.777 e. The van der Waals surface area contributed by atoms with E-state index in [9.17, 15) is 46.2 Å². The normalized spacial score (nSPS) is 23.3. The number of aromatic nitrogens is 4. The summed E-state index contributed by atoms with van der Waals surface area (Å²) in [7, 11) is -3.11. The summed E-state index contributed by atoms with van der Waals surface area (Å²) >= 11 is 0. The predicted octanol–water partition coefficient (Wildman–Crippen LogP) is 2.33. The molecule has 3 unspecified atom stereocenters. The first-order valence-corrected chi connectivity index (χ1v) is 15.0. The Morgan fingerprint density at radius 3 is 2.57 bits per heavy atom. The van der Waals surface area contributed by atoms with E-state index in [1.807, 2.05) is 0 Å². The van der Waals surface area contributed by atoms with Gasteiger partial charge in [-0.15, -0.1) is 0 Å². The molecule has 0 radical (unpaired) electrons. The highest BCUT2D eigenvalue weighted by atomic mass is 31.2. The van der Waals surface area contributed by atoms with Gasteiger partial charge in [0.2, 0.25) is 11.6 Å². The average molecular weight is 677 g/mol. The van der Waals surface area contributed by atoms with Gasteiger partial charge in [-0.05, 0) is 25.2 Å². The molecule has 0 bridgehead atoms. The Bertz CT molecular complexity index is 1660. The van der Waals surface area contributed by atoms with Crippen LogP contribution in [0.3, 0.4) is 0 Å². The van der Waals surface area contributed by atoms with E-state index in [0.29, 0.717) is 11.8 Å². The number of methoxy groups -OCH3 is 1. The molecule has 3 atom stereocenters. The molecule has 0 spiro atoms. The topological polar surface area (TPSA) is 197 Å². The molecule has 3 heterocycles. The van der Waals surface area contributed by atoms with Crippen molar-refractivity contribution in [3.8, 4) is 0 Å². The molecule has 46 heavy (non-hydrogen) atoms. The Morgan fingerprint density at radius 2 is 2.00 bits per heavy atom. The van der Waals surface area contributed by atoms with Crippen LogP contribution >= 0.6 is 7.60 Å². The van der Waals surface area contributed by atoms with E-state index in [1.165, 1.54) is 37.5 Å². The average Bonchev–Trinajstić information content (AvgIpc) is 3.53. The number of anilines is 2. The summed E-state index contributed by atoms with van der Waals surface area (Å²) in [4.78, 5) is 43.7. The predicted molar refractivity (Wildman–Crippen MR) is 153 cm³/mol. The zero-order chi connectivity index (χ0) is 34.1. The first kappa shape index (κ1) is 34.7. The van der Waals surface area contributed by atoms with Gasteiger partial charge < -0.3 is 40.1 Å². The Hall–Kier alpha value is -4.16. The molecular formula is C26H30F5N8O6P.